The normalized spacial score (nSPS) is 29.6. The summed E-state index contributed by atoms with van der Waals surface area (Å²) in [6.45, 7) is 2.29. The fourth-order valence-corrected chi connectivity index (χ4v) is 5.07. The third kappa shape index (κ3) is 4.41. The van der Waals surface area contributed by atoms with Crippen LogP contribution < -0.4 is 10.6 Å². The lowest BCUT2D eigenvalue weighted by Crippen LogP contribution is -2.45. The van der Waals surface area contributed by atoms with E-state index in [-0.39, 0.29) is 23.7 Å². The summed E-state index contributed by atoms with van der Waals surface area (Å²) in [5.41, 5.74) is 1.36. The number of rotatable bonds is 5. The van der Waals surface area contributed by atoms with Crippen LogP contribution in [0.3, 0.4) is 0 Å². The predicted molar refractivity (Wildman–Crippen MR) is 106 cm³/mol. The fraction of sp³-hybridized carbons (Fsp3) is 0.667. The highest BCUT2D eigenvalue weighted by molar-refractivity contribution is 5.85. The number of piperidine rings is 1. The number of benzene rings is 1. The Morgan fingerprint density at radius 3 is 2.42 bits per heavy atom. The minimum Gasteiger partial charge on any atom is -0.381 e. The van der Waals surface area contributed by atoms with Gasteiger partial charge in [0.1, 0.15) is 0 Å². The van der Waals surface area contributed by atoms with E-state index in [4.69, 9.17) is 4.74 Å². The molecule has 2 N–H and O–H groups in total. The SMILES string of the molecule is Cl.O=C(CC1CC2CCC(C1)N2)NCC1(c2ccccc2)CCOCC1. The molecule has 3 heterocycles. The fourth-order valence-electron chi connectivity index (χ4n) is 5.07. The maximum absolute atomic E-state index is 12.6. The van der Waals surface area contributed by atoms with Gasteiger partial charge in [-0.15, -0.1) is 12.4 Å². The molecule has 5 heteroatoms. The number of halogens is 1. The number of carbonyl (C=O) groups is 1. The van der Waals surface area contributed by atoms with E-state index >= 15 is 0 Å². The average molecular weight is 379 g/mol. The van der Waals surface area contributed by atoms with E-state index in [0.717, 1.165) is 32.6 Å². The van der Waals surface area contributed by atoms with Crippen LogP contribution >= 0.6 is 12.4 Å². The van der Waals surface area contributed by atoms with Crippen LogP contribution in [0.25, 0.3) is 0 Å². The Hall–Kier alpha value is -1.10. The van der Waals surface area contributed by atoms with E-state index in [1.807, 2.05) is 0 Å². The maximum atomic E-state index is 12.6. The second kappa shape index (κ2) is 8.73. The number of ether oxygens (including phenoxy) is 1. The lowest BCUT2D eigenvalue weighted by atomic mass is 9.74. The van der Waals surface area contributed by atoms with Crippen molar-refractivity contribution < 1.29 is 9.53 Å². The third-order valence-electron chi connectivity index (χ3n) is 6.50. The van der Waals surface area contributed by atoms with Gasteiger partial charge >= 0.3 is 0 Å². The van der Waals surface area contributed by atoms with Gasteiger partial charge in [0.2, 0.25) is 5.91 Å². The summed E-state index contributed by atoms with van der Waals surface area (Å²) in [4.78, 5) is 12.6. The molecule has 1 amide bonds. The van der Waals surface area contributed by atoms with Crippen molar-refractivity contribution in [2.45, 2.75) is 62.4 Å². The molecule has 26 heavy (non-hydrogen) atoms. The largest absolute Gasteiger partial charge is 0.381 e. The Balaban J connectivity index is 0.00000196. The van der Waals surface area contributed by atoms with Gasteiger partial charge in [0, 0.05) is 43.7 Å². The van der Waals surface area contributed by atoms with Crippen LogP contribution in [0.1, 0.15) is 50.5 Å². The first kappa shape index (κ1) is 19.7. The number of nitrogens with one attached hydrogen (secondary N) is 2. The van der Waals surface area contributed by atoms with Crippen molar-refractivity contribution in [3.63, 3.8) is 0 Å². The van der Waals surface area contributed by atoms with E-state index < -0.39 is 0 Å². The number of hydrogen-bond donors (Lipinski definition) is 2. The number of amides is 1. The highest BCUT2D eigenvalue weighted by Gasteiger charge is 2.36. The van der Waals surface area contributed by atoms with Crippen molar-refractivity contribution in [3.05, 3.63) is 35.9 Å². The van der Waals surface area contributed by atoms with Crippen LogP contribution in [-0.4, -0.2) is 37.7 Å². The quantitative estimate of drug-likeness (QED) is 0.827. The van der Waals surface area contributed by atoms with E-state index in [2.05, 4.69) is 41.0 Å². The monoisotopic (exact) mass is 378 g/mol. The second-order valence-electron chi connectivity index (χ2n) is 8.21. The van der Waals surface area contributed by atoms with Gasteiger partial charge in [0.25, 0.3) is 0 Å². The molecule has 1 aromatic carbocycles. The summed E-state index contributed by atoms with van der Waals surface area (Å²) in [5.74, 6) is 0.786. The Morgan fingerprint density at radius 2 is 1.77 bits per heavy atom. The zero-order valence-electron chi connectivity index (χ0n) is 15.4. The van der Waals surface area contributed by atoms with Crippen molar-refractivity contribution in [1.29, 1.82) is 0 Å². The molecule has 2 unspecified atom stereocenters. The second-order valence-corrected chi connectivity index (χ2v) is 8.21. The topological polar surface area (TPSA) is 50.4 Å². The van der Waals surface area contributed by atoms with Gasteiger partial charge in [-0.25, -0.2) is 0 Å². The first-order chi connectivity index (χ1) is 12.2. The van der Waals surface area contributed by atoms with Gasteiger partial charge in [-0.1, -0.05) is 30.3 Å². The highest BCUT2D eigenvalue weighted by atomic mass is 35.5. The van der Waals surface area contributed by atoms with E-state index in [1.165, 1.54) is 31.2 Å². The molecule has 3 aliphatic heterocycles. The van der Waals surface area contributed by atoms with Crippen LogP contribution in [0.4, 0.5) is 0 Å². The summed E-state index contributed by atoms with van der Waals surface area (Å²) < 4.78 is 5.59. The minimum absolute atomic E-state index is 0. The number of carbonyl (C=O) groups excluding carboxylic acids is 1. The van der Waals surface area contributed by atoms with E-state index in [9.17, 15) is 4.79 Å². The van der Waals surface area contributed by atoms with Crippen molar-refractivity contribution >= 4 is 18.3 Å². The van der Waals surface area contributed by atoms with Gasteiger partial charge < -0.3 is 15.4 Å². The van der Waals surface area contributed by atoms with E-state index in [1.54, 1.807) is 0 Å². The minimum atomic E-state index is 0. The molecule has 0 radical (unpaired) electrons. The molecule has 3 saturated heterocycles. The Bertz CT molecular complexity index is 577. The summed E-state index contributed by atoms with van der Waals surface area (Å²) in [6.07, 6.45) is 7.57. The summed E-state index contributed by atoms with van der Waals surface area (Å²) in [5, 5.41) is 6.93. The van der Waals surface area contributed by atoms with Crippen molar-refractivity contribution in [2.24, 2.45) is 5.92 Å². The van der Waals surface area contributed by atoms with Crippen LogP contribution in [0.15, 0.2) is 30.3 Å². The van der Waals surface area contributed by atoms with Crippen LogP contribution in [0.5, 0.6) is 0 Å². The molecule has 0 spiro atoms. The molecular weight excluding hydrogens is 348 g/mol. The molecule has 0 aromatic heterocycles. The predicted octanol–water partition coefficient (Wildman–Crippen LogP) is 3.19. The first-order valence-electron chi connectivity index (χ1n) is 9.90. The third-order valence-corrected chi connectivity index (χ3v) is 6.50. The number of hydrogen-bond acceptors (Lipinski definition) is 3. The molecule has 4 nitrogen and oxygen atoms in total. The maximum Gasteiger partial charge on any atom is 0.220 e. The smallest absolute Gasteiger partial charge is 0.220 e. The average Bonchev–Trinajstić information content (AvgIpc) is 3.00. The van der Waals surface area contributed by atoms with Gasteiger partial charge in [-0.3, -0.25) is 4.79 Å². The van der Waals surface area contributed by atoms with Crippen molar-refractivity contribution in [1.82, 2.24) is 10.6 Å². The van der Waals surface area contributed by atoms with Crippen LogP contribution in [0, 0.1) is 5.92 Å². The number of fused-ring (bicyclic) bond motifs is 2. The van der Waals surface area contributed by atoms with Crippen molar-refractivity contribution in [2.75, 3.05) is 19.8 Å². The molecule has 4 rings (SSSR count). The summed E-state index contributed by atoms with van der Waals surface area (Å²) in [7, 11) is 0. The molecule has 144 valence electrons. The van der Waals surface area contributed by atoms with E-state index in [0.29, 0.717) is 24.4 Å². The molecule has 2 bridgehead atoms. The molecule has 3 aliphatic rings. The van der Waals surface area contributed by atoms with Crippen LogP contribution in [0.2, 0.25) is 0 Å². The zero-order chi connectivity index (χ0) is 17.1. The Morgan fingerprint density at radius 1 is 1.12 bits per heavy atom. The molecule has 0 saturated carbocycles. The first-order valence-corrected chi connectivity index (χ1v) is 9.90. The molecule has 0 aliphatic carbocycles. The standard InChI is InChI=1S/C21H30N2O2.ClH/c24-20(14-16-12-18-6-7-19(13-16)23-18)22-15-21(8-10-25-11-9-21)17-4-2-1-3-5-17;/h1-5,16,18-19,23H,6-15H2,(H,22,24);1H. The molecular formula is C21H31ClN2O2. The molecule has 1 aromatic rings. The Labute approximate surface area is 162 Å². The highest BCUT2D eigenvalue weighted by Crippen LogP contribution is 2.35. The van der Waals surface area contributed by atoms with Crippen molar-refractivity contribution in [3.8, 4) is 0 Å². The van der Waals surface area contributed by atoms with Gasteiger partial charge in [0.05, 0.1) is 0 Å². The van der Waals surface area contributed by atoms with Gasteiger partial charge in [-0.2, -0.15) is 0 Å². The van der Waals surface area contributed by atoms with Gasteiger partial charge in [-0.05, 0) is 50.0 Å². The summed E-state index contributed by atoms with van der Waals surface area (Å²) >= 11 is 0. The lowest BCUT2D eigenvalue weighted by molar-refractivity contribution is -0.122. The summed E-state index contributed by atoms with van der Waals surface area (Å²) in [6, 6.07) is 12.0. The molecule has 3 fully saturated rings. The Kier molecular flexibility index (Phi) is 6.60. The molecule has 2 atom stereocenters. The van der Waals surface area contributed by atoms with Gasteiger partial charge in [0.15, 0.2) is 0 Å². The van der Waals surface area contributed by atoms with Crippen LogP contribution in [-0.2, 0) is 14.9 Å². The zero-order valence-corrected chi connectivity index (χ0v) is 16.2. The lowest BCUT2D eigenvalue weighted by Gasteiger charge is -2.38.